The average Bonchev–Trinajstić information content (AvgIpc) is 2.85. The van der Waals surface area contributed by atoms with Gasteiger partial charge >= 0.3 is 0 Å². The molecule has 1 N–H and O–H groups in total. The average molecular weight is 294 g/mol. The van der Waals surface area contributed by atoms with Crippen molar-refractivity contribution in [2.75, 3.05) is 6.54 Å². The number of hydrogen-bond donors (Lipinski definition) is 1. The molecule has 90 valence electrons. The largest absolute Gasteiger partial charge is 0.330 e. The summed E-state index contributed by atoms with van der Waals surface area (Å²) in [6, 6.07) is 6.27. The second kappa shape index (κ2) is 3.82. The summed E-state index contributed by atoms with van der Waals surface area (Å²) in [6.07, 6.45) is 2.38. The van der Waals surface area contributed by atoms with Crippen LogP contribution in [0.15, 0.2) is 22.7 Å². The Labute approximate surface area is 109 Å². The Morgan fingerprint density at radius 3 is 3.00 bits per heavy atom. The fourth-order valence-electron chi connectivity index (χ4n) is 2.75. The summed E-state index contributed by atoms with van der Waals surface area (Å²) in [5, 5.41) is 3.57. The fraction of sp³-hybridized carbons (Fsp3) is 0.462. The summed E-state index contributed by atoms with van der Waals surface area (Å²) < 4.78 is 3.29. The van der Waals surface area contributed by atoms with Crippen LogP contribution in [0.3, 0.4) is 0 Å². The standard InChI is InChI=1S/C13H16BrN3/c1-13(6-3-7-15-13)12-16-10-8-9(14)4-5-11(10)17(12)2/h4-5,8,15H,3,6-7H2,1-2H3. The molecule has 3 rings (SSSR count). The Morgan fingerprint density at radius 2 is 2.29 bits per heavy atom. The van der Waals surface area contributed by atoms with E-state index in [0.29, 0.717) is 0 Å². The maximum atomic E-state index is 4.80. The first kappa shape index (κ1) is 11.2. The van der Waals surface area contributed by atoms with Gasteiger partial charge in [0.1, 0.15) is 5.82 Å². The van der Waals surface area contributed by atoms with Crippen molar-refractivity contribution in [2.24, 2.45) is 7.05 Å². The maximum absolute atomic E-state index is 4.80. The highest BCUT2D eigenvalue weighted by molar-refractivity contribution is 9.10. The van der Waals surface area contributed by atoms with E-state index in [1.165, 1.54) is 11.9 Å². The van der Waals surface area contributed by atoms with Crippen LogP contribution in [0.4, 0.5) is 0 Å². The highest BCUT2D eigenvalue weighted by Crippen LogP contribution is 2.32. The lowest BCUT2D eigenvalue weighted by atomic mass is 9.99. The van der Waals surface area contributed by atoms with Crippen LogP contribution in [0, 0.1) is 0 Å². The third-order valence-electron chi connectivity index (χ3n) is 3.71. The Morgan fingerprint density at radius 1 is 1.47 bits per heavy atom. The SMILES string of the molecule is Cn1c(C2(C)CCCN2)nc2cc(Br)ccc21. The van der Waals surface area contributed by atoms with Gasteiger partial charge in [-0.15, -0.1) is 0 Å². The highest BCUT2D eigenvalue weighted by atomic mass is 79.9. The summed E-state index contributed by atoms with van der Waals surface area (Å²) in [5.41, 5.74) is 2.28. The van der Waals surface area contributed by atoms with E-state index in [2.05, 4.69) is 58.0 Å². The van der Waals surface area contributed by atoms with Crippen molar-refractivity contribution in [3.8, 4) is 0 Å². The van der Waals surface area contributed by atoms with Crippen LogP contribution in [0.1, 0.15) is 25.6 Å². The topological polar surface area (TPSA) is 29.9 Å². The van der Waals surface area contributed by atoms with Gasteiger partial charge in [0.2, 0.25) is 0 Å². The van der Waals surface area contributed by atoms with E-state index in [4.69, 9.17) is 4.98 Å². The lowest BCUT2D eigenvalue weighted by molar-refractivity contribution is 0.397. The van der Waals surface area contributed by atoms with Gasteiger partial charge in [-0.25, -0.2) is 4.98 Å². The van der Waals surface area contributed by atoms with E-state index >= 15 is 0 Å². The quantitative estimate of drug-likeness (QED) is 0.876. The van der Waals surface area contributed by atoms with Crippen molar-refractivity contribution >= 4 is 27.0 Å². The van der Waals surface area contributed by atoms with Gasteiger partial charge in [0, 0.05) is 11.5 Å². The highest BCUT2D eigenvalue weighted by Gasteiger charge is 2.34. The molecule has 1 aromatic carbocycles. The van der Waals surface area contributed by atoms with Gasteiger partial charge in [0.05, 0.1) is 16.6 Å². The lowest BCUT2D eigenvalue weighted by Gasteiger charge is -2.23. The third kappa shape index (κ3) is 1.70. The Kier molecular flexibility index (Phi) is 2.52. The summed E-state index contributed by atoms with van der Waals surface area (Å²) in [4.78, 5) is 4.80. The fourth-order valence-corrected chi connectivity index (χ4v) is 3.10. The maximum Gasteiger partial charge on any atom is 0.129 e. The number of aryl methyl sites for hydroxylation is 1. The van der Waals surface area contributed by atoms with Gasteiger partial charge < -0.3 is 9.88 Å². The van der Waals surface area contributed by atoms with Crippen molar-refractivity contribution in [1.29, 1.82) is 0 Å². The number of rotatable bonds is 1. The molecular formula is C13H16BrN3. The van der Waals surface area contributed by atoms with Gasteiger partial charge in [-0.3, -0.25) is 0 Å². The van der Waals surface area contributed by atoms with Crippen molar-refractivity contribution in [1.82, 2.24) is 14.9 Å². The molecule has 0 amide bonds. The molecular weight excluding hydrogens is 278 g/mol. The van der Waals surface area contributed by atoms with Gasteiger partial charge in [-0.05, 0) is 44.5 Å². The third-order valence-corrected chi connectivity index (χ3v) is 4.20. The number of benzene rings is 1. The zero-order chi connectivity index (χ0) is 12.0. The number of imidazole rings is 1. The summed E-state index contributed by atoms with van der Waals surface area (Å²) >= 11 is 3.50. The van der Waals surface area contributed by atoms with Crippen LogP contribution >= 0.6 is 15.9 Å². The van der Waals surface area contributed by atoms with E-state index in [1.54, 1.807) is 0 Å². The molecule has 1 unspecified atom stereocenters. The van der Waals surface area contributed by atoms with E-state index in [-0.39, 0.29) is 5.54 Å². The minimum atomic E-state index is 0.0280. The first-order valence-corrected chi connectivity index (χ1v) is 6.77. The number of fused-ring (bicyclic) bond motifs is 1. The van der Waals surface area contributed by atoms with Crippen molar-refractivity contribution < 1.29 is 0 Å². The number of nitrogens with one attached hydrogen (secondary N) is 1. The van der Waals surface area contributed by atoms with Crippen molar-refractivity contribution in [3.63, 3.8) is 0 Å². The Hall–Kier alpha value is -0.870. The van der Waals surface area contributed by atoms with Crippen molar-refractivity contribution in [3.05, 3.63) is 28.5 Å². The zero-order valence-corrected chi connectivity index (χ0v) is 11.7. The number of nitrogens with zero attached hydrogens (tertiary/aromatic N) is 2. The second-order valence-electron chi connectivity index (χ2n) is 4.99. The van der Waals surface area contributed by atoms with Gasteiger partial charge in [0.15, 0.2) is 0 Å². The molecule has 0 spiro atoms. The predicted octanol–water partition coefficient (Wildman–Crippen LogP) is 2.93. The number of hydrogen-bond acceptors (Lipinski definition) is 2. The van der Waals surface area contributed by atoms with E-state index < -0.39 is 0 Å². The summed E-state index contributed by atoms with van der Waals surface area (Å²) in [7, 11) is 2.10. The van der Waals surface area contributed by atoms with Gasteiger partial charge in [-0.1, -0.05) is 15.9 Å². The summed E-state index contributed by atoms with van der Waals surface area (Å²) in [5.74, 6) is 1.14. The molecule has 4 heteroatoms. The minimum absolute atomic E-state index is 0.0280. The smallest absolute Gasteiger partial charge is 0.129 e. The van der Waals surface area contributed by atoms with E-state index in [0.717, 1.165) is 28.8 Å². The normalized spacial score (nSPS) is 24.6. The molecule has 1 aliphatic heterocycles. The molecule has 2 aromatic rings. The second-order valence-corrected chi connectivity index (χ2v) is 5.91. The minimum Gasteiger partial charge on any atom is -0.330 e. The molecule has 1 aromatic heterocycles. The lowest BCUT2D eigenvalue weighted by Crippen LogP contribution is -2.35. The molecule has 1 fully saturated rings. The molecule has 0 radical (unpaired) electrons. The Bertz CT molecular complexity index is 567. The Balaban J connectivity index is 2.20. The monoisotopic (exact) mass is 293 g/mol. The molecule has 17 heavy (non-hydrogen) atoms. The molecule has 0 aliphatic carbocycles. The summed E-state index contributed by atoms with van der Waals surface area (Å²) in [6.45, 7) is 3.33. The number of aromatic nitrogens is 2. The van der Waals surface area contributed by atoms with Crippen LogP contribution in [0.5, 0.6) is 0 Å². The van der Waals surface area contributed by atoms with Gasteiger partial charge in [-0.2, -0.15) is 0 Å². The molecule has 0 saturated carbocycles. The molecule has 0 bridgehead atoms. The van der Waals surface area contributed by atoms with Crippen LogP contribution in [-0.4, -0.2) is 16.1 Å². The molecule has 3 nitrogen and oxygen atoms in total. The molecule has 1 saturated heterocycles. The molecule has 1 atom stereocenters. The predicted molar refractivity (Wildman–Crippen MR) is 73.0 cm³/mol. The van der Waals surface area contributed by atoms with Crippen LogP contribution < -0.4 is 5.32 Å². The van der Waals surface area contributed by atoms with E-state index in [1.807, 2.05) is 0 Å². The van der Waals surface area contributed by atoms with Crippen molar-refractivity contribution in [2.45, 2.75) is 25.3 Å². The number of halogens is 1. The first-order valence-electron chi connectivity index (χ1n) is 5.98. The molecule has 2 heterocycles. The first-order chi connectivity index (χ1) is 8.10. The molecule has 1 aliphatic rings. The van der Waals surface area contributed by atoms with Crippen LogP contribution in [-0.2, 0) is 12.6 Å². The van der Waals surface area contributed by atoms with E-state index in [9.17, 15) is 0 Å². The van der Waals surface area contributed by atoms with Crippen LogP contribution in [0.2, 0.25) is 0 Å². The van der Waals surface area contributed by atoms with Gasteiger partial charge in [0.25, 0.3) is 0 Å². The van der Waals surface area contributed by atoms with Crippen LogP contribution in [0.25, 0.3) is 11.0 Å². The zero-order valence-electron chi connectivity index (χ0n) is 10.1.